The van der Waals surface area contributed by atoms with E-state index in [4.69, 9.17) is 0 Å². The van der Waals surface area contributed by atoms with Crippen LogP contribution in [0.1, 0.15) is 11.1 Å². The molecule has 0 atom stereocenters. The number of para-hydroxylation sites is 6. The van der Waals surface area contributed by atoms with Gasteiger partial charge in [-0.05, 0) is 47.2 Å². The van der Waals surface area contributed by atoms with Crippen LogP contribution in [0.2, 0.25) is 0 Å². The number of rotatable bonds is 4. The van der Waals surface area contributed by atoms with Crippen molar-refractivity contribution < 1.29 is 0 Å². The molecule has 0 N–H and O–H groups in total. The van der Waals surface area contributed by atoms with Crippen molar-refractivity contribution in [1.29, 1.82) is 10.5 Å². The van der Waals surface area contributed by atoms with Gasteiger partial charge in [-0.2, -0.15) is 10.5 Å². The van der Waals surface area contributed by atoms with Gasteiger partial charge in [-0.15, -0.1) is 0 Å². The molecule has 0 spiro atoms. The number of nitriles is 2. The van der Waals surface area contributed by atoms with E-state index in [9.17, 15) is 10.5 Å². The topological polar surface area (TPSA) is 67.3 Å². The zero-order valence-corrected chi connectivity index (χ0v) is 37.5. The van der Waals surface area contributed by atoms with Gasteiger partial charge < -0.3 is 18.3 Å². The fraction of sp³-hybridized carbons (Fsp3) is 0. The van der Waals surface area contributed by atoms with Crippen LogP contribution in [0.3, 0.4) is 0 Å². The Morgan fingerprint density at radius 3 is 0.800 bits per heavy atom. The van der Waals surface area contributed by atoms with E-state index >= 15 is 0 Å². The minimum absolute atomic E-state index is 0.279. The zero-order chi connectivity index (χ0) is 46.2. The summed E-state index contributed by atoms with van der Waals surface area (Å²) >= 11 is 0. The summed E-state index contributed by atoms with van der Waals surface area (Å²) in [5, 5.41) is 37.3. The van der Waals surface area contributed by atoms with Crippen molar-refractivity contribution in [2.24, 2.45) is 0 Å². The Bertz CT molecular complexity index is 4450. The molecule has 15 rings (SSSR count). The Labute approximate surface area is 400 Å². The van der Waals surface area contributed by atoms with E-state index in [0.29, 0.717) is 11.4 Å². The smallest absolute Gasteiger partial charge is 0.103 e. The number of aromatic nitrogens is 4. The van der Waals surface area contributed by atoms with Gasteiger partial charge in [-0.25, -0.2) is 0 Å². The third-order valence-electron chi connectivity index (χ3n) is 14.8. The molecule has 6 heteroatoms. The summed E-state index contributed by atoms with van der Waals surface area (Å²) in [6.45, 7) is 0. The van der Waals surface area contributed by atoms with E-state index in [0.717, 1.165) is 120 Å². The average Bonchev–Trinajstić information content (AvgIpc) is 4.15. The molecule has 0 saturated carbocycles. The van der Waals surface area contributed by atoms with Gasteiger partial charge >= 0.3 is 0 Å². The molecule has 0 amide bonds. The van der Waals surface area contributed by atoms with Crippen molar-refractivity contribution in [2.45, 2.75) is 0 Å². The van der Waals surface area contributed by atoms with Crippen LogP contribution in [-0.2, 0) is 0 Å². The summed E-state index contributed by atoms with van der Waals surface area (Å²) in [5.41, 5.74) is 11.0. The van der Waals surface area contributed by atoms with Crippen LogP contribution >= 0.6 is 0 Å². The summed E-state index contributed by atoms with van der Waals surface area (Å²) in [5.74, 6) is 0. The van der Waals surface area contributed by atoms with Crippen molar-refractivity contribution in [1.82, 2.24) is 18.3 Å². The van der Waals surface area contributed by atoms with Crippen LogP contribution in [-0.4, -0.2) is 18.3 Å². The van der Waals surface area contributed by atoms with Gasteiger partial charge in [0.15, 0.2) is 0 Å². The van der Waals surface area contributed by atoms with Crippen LogP contribution in [0, 0.1) is 22.7 Å². The molecule has 0 aliphatic rings. The zero-order valence-electron chi connectivity index (χ0n) is 37.5. The van der Waals surface area contributed by atoms with Crippen LogP contribution < -0.4 is 0 Å². The first-order chi connectivity index (χ1) is 34.7. The molecule has 0 fully saturated rings. The van der Waals surface area contributed by atoms with Gasteiger partial charge in [0.1, 0.15) is 12.1 Å². The molecule has 70 heavy (non-hydrogen) atoms. The molecule has 6 nitrogen and oxygen atoms in total. The van der Waals surface area contributed by atoms with E-state index in [1.54, 1.807) is 0 Å². The number of fused-ring (bicyclic) bond motifs is 16. The maximum absolute atomic E-state index is 12.2. The molecule has 0 aliphatic carbocycles. The molecule has 0 unspecified atom stereocenters. The van der Waals surface area contributed by atoms with E-state index in [2.05, 4.69) is 249 Å². The first-order valence-electron chi connectivity index (χ1n) is 23.6. The van der Waals surface area contributed by atoms with Gasteiger partial charge in [0, 0.05) is 53.9 Å². The largest absolute Gasteiger partial charge is 0.306 e. The van der Waals surface area contributed by atoms with Crippen molar-refractivity contribution in [2.75, 3.05) is 0 Å². The Hall–Kier alpha value is -9.88. The second kappa shape index (κ2) is 14.3. The van der Waals surface area contributed by atoms with Gasteiger partial charge in [0.25, 0.3) is 0 Å². The summed E-state index contributed by atoms with van der Waals surface area (Å²) < 4.78 is 9.37. The monoisotopic (exact) mass is 888 g/mol. The molecule has 15 aromatic rings. The fourth-order valence-corrected chi connectivity index (χ4v) is 12.0. The number of hydrogen-bond donors (Lipinski definition) is 0. The quantitative estimate of drug-likeness (QED) is 0.177. The summed E-state index contributed by atoms with van der Waals surface area (Å²) in [7, 11) is 0. The third-order valence-corrected chi connectivity index (χ3v) is 14.8. The van der Waals surface area contributed by atoms with E-state index in [-0.39, 0.29) is 11.1 Å². The molecule has 0 saturated heterocycles. The molecule has 0 radical (unpaired) electrons. The van der Waals surface area contributed by atoms with Crippen LogP contribution in [0.25, 0.3) is 132 Å². The molecule has 4 aromatic heterocycles. The molecule has 4 heterocycles. The summed E-state index contributed by atoms with van der Waals surface area (Å²) in [6, 6.07) is 82.6. The lowest BCUT2D eigenvalue weighted by Gasteiger charge is -2.28. The lowest BCUT2D eigenvalue weighted by atomic mass is 9.98. The number of benzene rings is 11. The van der Waals surface area contributed by atoms with Gasteiger partial charge in [-0.3, -0.25) is 0 Å². The molecule has 11 aromatic carbocycles. The first kappa shape index (κ1) is 38.2. The number of hydrogen-bond acceptors (Lipinski definition) is 2. The highest BCUT2D eigenvalue weighted by atomic mass is 15.1. The number of nitrogens with zero attached hydrogens (tertiary/aromatic N) is 6. The highest BCUT2D eigenvalue weighted by molar-refractivity contribution is 6.22. The standard InChI is InChI=1S/C64H36N6/c65-37-51-52(38-66)62(68-55-29-13-7-23-45(55)46-24-8-14-30-56(46)68)64(70-58-32-16-10-26-48(58)50-36-34-40-18-2-4-20-42(40)60(50)70)63(61(51)67-53-27-11-5-21-43(53)44-22-6-12-28-54(44)67)69-57-31-15-9-25-47(57)49-35-33-39-17-1-3-19-41(39)59(49)69/h1-36H. The maximum Gasteiger partial charge on any atom is 0.103 e. The third kappa shape index (κ3) is 4.93. The lowest BCUT2D eigenvalue weighted by molar-refractivity contribution is 1.01. The van der Waals surface area contributed by atoms with Gasteiger partial charge in [0.2, 0.25) is 0 Å². The van der Waals surface area contributed by atoms with Crippen molar-refractivity contribution >= 4 is 109 Å². The van der Waals surface area contributed by atoms with Gasteiger partial charge in [-0.1, -0.05) is 182 Å². The van der Waals surface area contributed by atoms with Crippen molar-refractivity contribution in [3.8, 4) is 34.9 Å². The highest BCUT2D eigenvalue weighted by Gasteiger charge is 2.35. The normalized spacial score (nSPS) is 12.0. The van der Waals surface area contributed by atoms with Gasteiger partial charge in [0.05, 0.1) is 78.0 Å². The molecular weight excluding hydrogens is 853 g/mol. The van der Waals surface area contributed by atoms with Crippen LogP contribution in [0.15, 0.2) is 218 Å². The predicted molar refractivity (Wildman–Crippen MR) is 288 cm³/mol. The summed E-state index contributed by atoms with van der Waals surface area (Å²) in [6.07, 6.45) is 0. The van der Waals surface area contributed by atoms with E-state index in [1.807, 2.05) is 0 Å². The summed E-state index contributed by atoms with van der Waals surface area (Å²) in [4.78, 5) is 0. The minimum atomic E-state index is 0.279. The average molecular weight is 889 g/mol. The fourth-order valence-electron chi connectivity index (χ4n) is 12.0. The minimum Gasteiger partial charge on any atom is -0.306 e. The predicted octanol–water partition coefficient (Wildman–Crippen LogP) is 16.1. The molecule has 322 valence electrons. The van der Waals surface area contributed by atoms with Crippen molar-refractivity contribution in [3.05, 3.63) is 230 Å². The molecule has 0 aliphatic heterocycles. The Kier molecular flexibility index (Phi) is 7.82. The Balaban J connectivity index is 1.34. The van der Waals surface area contributed by atoms with E-state index < -0.39 is 0 Å². The van der Waals surface area contributed by atoms with Crippen LogP contribution in [0.5, 0.6) is 0 Å². The van der Waals surface area contributed by atoms with Crippen molar-refractivity contribution in [3.63, 3.8) is 0 Å². The Morgan fingerprint density at radius 2 is 0.486 bits per heavy atom. The lowest BCUT2D eigenvalue weighted by Crippen LogP contribution is -2.17. The molecular formula is C64H36N6. The second-order valence-electron chi connectivity index (χ2n) is 18.2. The Morgan fingerprint density at radius 1 is 0.229 bits per heavy atom. The van der Waals surface area contributed by atoms with Crippen LogP contribution in [0.4, 0.5) is 0 Å². The molecule has 0 bridgehead atoms. The highest BCUT2D eigenvalue weighted by Crippen LogP contribution is 2.50. The second-order valence-corrected chi connectivity index (χ2v) is 18.2. The van der Waals surface area contributed by atoms with E-state index in [1.165, 1.54) is 0 Å². The maximum atomic E-state index is 12.2. The first-order valence-corrected chi connectivity index (χ1v) is 23.6. The SMILES string of the molecule is N#Cc1c(C#N)c(-n2c3ccccc3c3ccccc32)c(-n2c3ccccc3c3ccc4ccccc4c32)c(-n2c3ccccc3c3ccc4ccccc4c32)c1-n1c2ccccc2c2ccccc21.